The van der Waals surface area contributed by atoms with E-state index in [0.717, 1.165) is 30.2 Å². The highest BCUT2D eigenvalue weighted by Gasteiger charge is 2.38. The lowest BCUT2D eigenvalue weighted by Gasteiger charge is -2.33. The molecule has 1 aromatic heterocycles. The molecule has 27 heavy (non-hydrogen) atoms. The third kappa shape index (κ3) is 4.18. The van der Waals surface area contributed by atoms with Gasteiger partial charge < -0.3 is 9.47 Å². The summed E-state index contributed by atoms with van der Waals surface area (Å²) >= 11 is 1.45. The van der Waals surface area contributed by atoms with Gasteiger partial charge in [0, 0.05) is 24.0 Å². The highest BCUT2D eigenvalue weighted by atomic mass is 32.2. The maximum atomic E-state index is 13.0. The molecule has 7 nitrogen and oxygen atoms in total. The van der Waals surface area contributed by atoms with E-state index in [-0.39, 0.29) is 35.2 Å². The Kier molecular flexibility index (Phi) is 5.26. The van der Waals surface area contributed by atoms with Crippen LogP contribution in [0.5, 0.6) is 0 Å². The van der Waals surface area contributed by atoms with Crippen LogP contribution in [0.25, 0.3) is 0 Å². The van der Waals surface area contributed by atoms with Gasteiger partial charge in [0.1, 0.15) is 5.82 Å². The topological polar surface area (TPSA) is 85.2 Å². The summed E-state index contributed by atoms with van der Waals surface area (Å²) in [6.45, 7) is 4.04. The first-order valence-electron chi connectivity index (χ1n) is 9.98. The number of thioether (sulfide) groups is 1. The molecule has 2 saturated carbocycles. The fraction of sp³-hybridized carbons (Fsp3) is 0.833. The van der Waals surface area contributed by atoms with Crippen LogP contribution >= 0.6 is 11.8 Å². The lowest BCUT2D eigenvalue weighted by atomic mass is 10.1. The minimum Gasteiger partial charge on any atom is -0.335 e. The maximum Gasteiger partial charge on any atom is 0.233 e. The van der Waals surface area contributed by atoms with E-state index in [4.69, 9.17) is 0 Å². The molecule has 9 heteroatoms. The Morgan fingerprint density at radius 2 is 2.00 bits per heavy atom. The van der Waals surface area contributed by atoms with Crippen molar-refractivity contribution in [3.8, 4) is 0 Å². The molecule has 150 valence electrons. The summed E-state index contributed by atoms with van der Waals surface area (Å²) in [4.78, 5) is 14.8. The van der Waals surface area contributed by atoms with Crippen molar-refractivity contribution >= 4 is 27.5 Å². The molecule has 3 fully saturated rings. The van der Waals surface area contributed by atoms with Crippen LogP contribution in [0.2, 0.25) is 0 Å². The van der Waals surface area contributed by atoms with Crippen molar-refractivity contribution in [1.29, 1.82) is 0 Å². The SMILES string of the molecule is CCC(C)N(C(=O)CSc1nnc(C2CC2)n1C1CC1)C1CCS(=O)(=O)C1. The van der Waals surface area contributed by atoms with Crippen molar-refractivity contribution in [2.45, 2.75) is 81.6 Å². The minimum atomic E-state index is -3.02. The largest absolute Gasteiger partial charge is 0.335 e. The number of aromatic nitrogens is 3. The second-order valence-corrected chi connectivity index (χ2v) is 11.3. The van der Waals surface area contributed by atoms with E-state index in [1.54, 1.807) is 0 Å². The van der Waals surface area contributed by atoms with E-state index in [2.05, 4.69) is 14.8 Å². The van der Waals surface area contributed by atoms with E-state index in [0.29, 0.717) is 18.4 Å². The molecule has 1 aliphatic heterocycles. The van der Waals surface area contributed by atoms with Crippen molar-refractivity contribution in [2.24, 2.45) is 0 Å². The Labute approximate surface area is 165 Å². The molecule has 2 aliphatic carbocycles. The Balaban J connectivity index is 1.46. The van der Waals surface area contributed by atoms with Gasteiger partial charge in [0.05, 0.1) is 17.3 Å². The van der Waals surface area contributed by atoms with Crippen LogP contribution in [0.1, 0.15) is 70.2 Å². The van der Waals surface area contributed by atoms with Gasteiger partial charge in [-0.15, -0.1) is 10.2 Å². The third-order valence-electron chi connectivity index (χ3n) is 5.83. The van der Waals surface area contributed by atoms with Crippen molar-refractivity contribution < 1.29 is 13.2 Å². The highest BCUT2D eigenvalue weighted by molar-refractivity contribution is 7.99. The Morgan fingerprint density at radius 3 is 2.56 bits per heavy atom. The average Bonchev–Trinajstić information content (AvgIpc) is 3.56. The number of carbonyl (C=O) groups is 1. The molecule has 0 bridgehead atoms. The van der Waals surface area contributed by atoms with Crippen molar-refractivity contribution in [3.63, 3.8) is 0 Å². The summed E-state index contributed by atoms with van der Waals surface area (Å²) in [5, 5.41) is 9.61. The van der Waals surface area contributed by atoms with Crippen LogP contribution in [0, 0.1) is 0 Å². The van der Waals surface area contributed by atoms with Gasteiger partial charge in [0.15, 0.2) is 15.0 Å². The number of sulfone groups is 1. The molecule has 4 rings (SSSR count). The van der Waals surface area contributed by atoms with Crippen LogP contribution in [0.15, 0.2) is 5.16 Å². The lowest BCUT2D eigenvalue weighted by Crippen LogP contribution is -2.47. The smallest absolute Gasteiger partial charge is 0.233 e. The minimum absolute atomic E-state index is 0.00905. The molecule has 1 saturated heterocycles. The molecule has 0 radical (unpaired) electrons. The molecule has 2 heterocycles. The standard InChI is InChI=1S/C18H28N4O3S2/c1-3-12(2)21(15-8-9-27(24,25)11-15)16(23)10-26-18-20-19-17(13-4-5-13)22(18)14-6-7-14/h12-15H,3-11H2,1-2H3. The zero-order valence-electron chi connectivity index (χ0n) is 16.0. The van der Waals surface area contributed by atoms with Crippen molar-refractivity contribution in [3.05, 3.63) is 5.82 Å². The number of amides is 1. The van der Waals surface area contributed by atoms with Crippen molar-refractivity contribution in [1.82, 2.24) is 19.7 Å². The summed E-state index contributed by atoms with van der Waals surface area (Å²) in [6, 6.07) is 0.347. The molecule has 0 spiro atoms. The molecule has 3 aliphatic rings. The second-order valence-electron chi connectivity index (χ2n) is 8.12. The molecular formula is C18H28N4O3S2. The number of rotatable bonds is 8. The number of hydrogen-bond donors (Lipinski definition) is 0. The van der Waals surface area contributed by atoms with Crippen LogP contribution in [-0.4, -0.2) is 63.3 Å². The predicted molar refractivity (Wildman–Crippen MR) is 105 cm³/mol. The van der Waals surface area contributed by atoms with Gasteiger partial charge in [-0.1, -0.05) is 18.7 Å². The van der Waals surface area contributed by atoms with Crippen LogP contribution in [0.3, 0.4) is 0 Å². The van der Waals surface area contributed by atoms with E-state index in [1.165, 1.54) is 24.6 Å². The van der Waals surface area contributed by atoms with E-state index in [1.807, 2.05) is 18.7 Å². The molecule has 2 atom stereocenters. The monoisotopic (exact) mass is 412 g/mol. The number of carbonyl (C=O) groups excluding carboxylic acids is 1. The average molecular weight is 413 g/mol. The zero-order chi connectivity index (χ0) is 19.2. The fourth-order valence-corrected chi connectivity index (χ4v) is 6.48. The first-order valence-corrected chi connectivity index (χ1v) is 12.8. The molecule has 1 amide bonds. The lowest BCUT2D eigenvalue weighted by molar-refractivity contribution is -0.132. The molecule has 0 aromatic carbocycles. The Hall–Kier alpha value is -1.09. The number of hydrogen-bond acceptors (Lipinski definition) is 6. The summed E-state index contributed by atoms with van der Waals surface area (Å²) in [6.07, 6.45) is 6.07. The fourth-order valence-electron chi connectivity index (χ4n) is 3.88. The van der Waals surface area contributed by atoms with E-state index < -0.39 is 9.84 Å². The van der Waals surface area contributed by atoms with Gasteiger partial charge in [0.25, 0.3) is 0 Å². The Bertz CT molecular complexity index is 815. The maximum absolute atomic E-state index is 13.0. The van der Waals surface area contributed by atoms with Gasteiger partial charge in [-0.3, -0.25) is 4.79 Å². The van der Waals surface area contributed by atoms with Gasteiger partial charge in [-0.2, -0.15) is 0 Å². The predicted octanol–water partition coefficient (Wildman–Crippen LogP) is 2.40. The summed E-state index contributed by atoms with van der Waals surface area (Å²) in [5.41, 5.74) is 0. The molecular weight excluding hydrogens is 384 g/mol. The van der Waals surface area contributed by atoms with Gasteiger partial charge in [0.2, 0.25) is 5.91 Å². The molecule has 2 unspecified atom stereocenters. The van der Waals surface area contributed by atoms with E-state index >= 15 is 0 Å². The van der Waals surface area contributed by atoms with E-state index in [9.17, 15) is 13.2 Å². The summed E-state index contributed by atoms with van der Waals surface area (Å²) in [5.74, 6) is 2.21. The van der Waals surface area contributed by atoms with Crippen molar-refractivity contribution in [2.75, 3.05) is 17.3 Å². The zero-order valence-corrected chi connectivity index (χ0v) is 17.6. The van der Waals surface area contributed by atoms with Gasteiger partial charge >= 0.3 is 0 Å². The van der Waals surface area contributed by atoms with Crippen LogP contribution < -0.4 is 0 Å². The summed E-state index contributed by atoms with van der Waals surface area (Å²) in [7, 11) is -3.02. The third-order valence-corrected chi connectivity index (χ3v) is 8.50. The van der Waals surface area contributed by atoms with Crippen LogP contribution in [-0.2, 0) is 14.6 Å². The van der Waals surface area contributed by atoms with Crippen LogP contribution in [0.4, 0.5) is 0 Å². The second kappa shape index (κ2) is 7.39. The molecule has 0 N–H and O–H groups in total. The number of nitrogens with zero attached hydrogens (tertiary/aromatic N) is 4. The van der Waals surface area contributed by atoms with Gasteiger partial charge in [-0.05, 0) is 45.4 Å². The molecule has 1 aromatic rings. The normalized spacial score (nSPS) is 25.5. The first kappa shape index (κ1) is 19.2. The Morgan fingerprint density at radius 1 is 1.26 bits per heavy atom. The first-order chi connectivity index (χ1) is 12.9. The quantitative estimate of drug-likeness (QED) is 0.610. The van der Waals surface area contributed by atoms with Gasteiger partial charge in [-0.25, -0.2) is 8.42 Å². The highest BCUT2D eigenvalue weighted by Crippen LogP contribution is 2.46. The summed E-state index contributed by atoms with van der Waals surface area (Å²) < 4.78 is 26.0.